The van der Waals surface area contributed by atoms with Gasteiger partial charge in [-0.25, -0.2) is 9.97 Å². The number of anilines is 1. The van der Waals surface area contributed by atoms with Crippen LogP contribution < -0.4 is 5.32 Å². The molecule has 0 saturated carbocycles. The number of benzene rings is 1. The lowest BCUT2D eigenvalue weighted by molar-refractivity contribution is 1.00. The molecular weight excluding hydrogens is 248 g/mol. The van der Waals surface area contributed by atoms with Gasteiger partial charge in [-0.2, -0.15) is 5.26 Å². The van der Waals surface area contributed by atoms with Crippen LogP contribution in [0.3, 0.4) is 0 Å². The quantitative estimate of drug-likeness (QED) is 0.926. The Morgan fingerprint density at radius 1 is 1.00 bits per heavy atom. The highest BCUT2D eigenvalue weighted by Crippen LogP contribution is 2.17. The normalized spacial score (nSPS) is 10.2. The van der Waals surface area contributed by atoms with Crippen molar-refractivity contribution in [3.8, 4) is 6.07 Å². The van der Waals surface area contributed by atoms with Gasteiger partial charge >= 0.3 is 0 Å². The maximum atomic E-state index is 8.91. The zero-order valence-electron chi connectivity index (χ0n) is 12.3. The van der Waals surface area contributed by atoms with Crippen molar-refractivity contribution < 1.29 is 0 Å². The summed E-state index contributed by atoms with van der Waals surface area (Å²) in [5.41, 5.74) is 5.46. The van der Waals surface area contributed by atoms with Crippen LogP contribution in [0.25, 0.3) is 0 Å². The van der Waals surface area contributed by atoms with Crippen molar-refractivity contribution in [3.05, 3.63) is 52.0 Å². The highest BCUT2D eigenvalue weighted by atomic mass is 15.0. The van der Waals surface area contributed by atoms with Gasteiger partial charge in [0.1, 0.15) is 23.4 Å². The summed E-state index contributed by atoms with van der Waals surface area (Å²) in [5.74, 6) is 1.29. The summed E-state index contributed by atoms with van der Waals surface area (Å²) in [6, 6.07) is 8.10. The fourth-order valence-corrected chi connectivity index (χ4v) is 2.11. The first kappa shape index (κ1) is 14.0. The van der Waals surface area contributed by atoms with E-state index in [0.29, 0.717) is 23.9 Å². The Kier molecular flexibility index (Phi) is 3.99. The van der Waals surface area contributed by atoms with E-state index in [2.05, 4.69) is 48.2 Å². The van der Waals surface area contributed by atoms with Gasteiger partial charge in [-0.05, 0) is 49.9 Å². The Bertz CT molecular complexity index is 684. The fourth-order valence-electron chi connectivity index (χ4n) is 2.11. The molecule has 102 valence electrons. The van der Waals surface area contributed by atoms with Crippen LogP contribution in [-0.2, 0) is 6.54 Å². The average molecular weight is 266 g/mol. The van der Waals surface area contributed by atoms with Crippen LogP contribution in [0, 0.1) is 39.0 Å². The van der Waals surface area contributed by atoms with Crippen molar-refractivity contribution in [3.63, 3.8) is 0 Å². The number of nitriles is 1. The number of nitrogens with zero attached hydrogens (tertiary/aromatic N) is 3. The molecule has 1 aromatic carbocycles. The zero-order chi connectivity index (χ0) is 14.7. The molecule has 1 heterocycles. The maximum Gasteiger partial charge on any atom is 0.146 e. The molecule has 0 aliphatic heterocycles. The van der Waals surface area contributed by atoms with Crippen molar-refractivity contribution in [1.82, 2.24) is 9.97 Å². The van der Waals surface area contributed by atoms with Crippen LogP contribution in [0.1, 0.15) is 33.8 Å². The molecule has 0 fully saturated rings. The van der Waals surface area contributed by atoms with E-state index in [4.69, 9.17) is 5.26 Å². The number of aryl methyl sites for hydroxylation is 4. The van der Waals surface area contributed by atoms with E-state index < -0.39 is 0 Å². The number of nitrogens with one attached hydrogen (secondary N) is 1. The van der Waals surface area contributed by atoms with E-state index in [1.54, 1.807) is 13.0 Å². The zero-order valence-corrected chi connectivity index (χ0v) is 12.3. The summed E-state index contributed by atoms with van der Waals surface area (Å²) in [7, 11) is 0. The molecule has 20 heavy (non-hydrogen) atoms. The van der Waals surface area contributed by atoms with Gasteiger partial charge in [0.15, 0.2) is 0 Å². The molecule has 0 aliphatic carbocycles. The molecule has 4 nitrogen and oxygen atoms in total. The van der Waals surface area contributed by atoms with Gasteiger partial charge in [-0.15, -0.1) is 0 Å². The Labute approximate surface area is 119 Å². The molecule has 0 amide bonds. The third-order valence-electron chi connectivity index (χ3n) is 3.36. The predicted molar refractivity (Wildman–Crippen MR) is 79.5 cm³/mol. The molecule has 0 bridgehead atoms. The Morgan fingerprint density at radius 2 is 1.70 bits per heavy atom. The molecule has 0 saturated heterocycles. The standard InChI is InChI=1S/C16H18N4/c1-10-5-12(3)14(6-11(10)2)9-18-16-7-15(8-17)19-13(4)20-16/h5-7H,9H2,1-4H3,(H,18,19,20). The number of hydrogen-bond acceptors (Lipinski definition) is 4. The summed E-state index contributed by atoms with van der Waals surface area (Å²) in [5, 5.41) is 12.2. The minimum absolute atomic E-state index is 0.386. The smallest absolute Gasteiger partial charge is 0.146 e. The monoisotopic (exact) mass is 266 g/mol. The number of aromatic nitrogens is 2. The molecule has 0 spiro atoms. The van der Waals surface area contributed by atoms with Crippen LogP contribution in [0.5, 0.6) is 0 Å². The van der Waals surface area contributed by atoms with E-state index in [1.807, 2.05) is 6.07 Å². The Hall–Kier alpha value is -2.41. The molecule has 0 unspecified atom stereocenters. The van der Waals surface area contributed by atoms with Crippen molar-refractivity contribution in [2.45, 2.75) is 34.2 Å². The van der Waals surface area contributed by atoms with Crippen molar-refractivity contribution >= 4 is 5.82 Å². The Morgan fingerprint density at radius 3 is 2.40 bits per heavy atom. The third kappa shape index (κ3) is 3.12. The molecule has 0 radical (unpaired) electrons. The van der Waals surface area contributed by atoms with E-state index >= 15 is 0 Å². The summed E-state index contributed by atoms with van der Waals surface area (Å²) in [4.78, 5) is 8.33. The topological polar surface area (TPSA) is 61.6 Å². The highest BCUT2D eigenvalue weighted by molar-refractivity contribution is 5.43. The minimum atomic E-state index is 0.386. The van der Waals surface area contributed by atoms with Gasteiger partial charge in [-0.1, -0.05) is 12.1 Å². The fraction of sp³-hybridized carbons (Fsp3) is 0.312. The van der Waals surface area contributed by atoms with Gasteiger partial charge in [0.05, 0.1) is 0 Å². The van der Waals surface area contributed by atoms with Crippen LogP contribution in [0.4, 0.5) is 5.82 Å². The second-order valence-corrected chi connectivity index (χ2v) is 5.01. The first-order valence-electron chi connectivity index (χ1n) is 6.56. The Balaban J connectivity index is 2.19. The van der Waals surface area contributed by atoms with Gasteiger partial charge in [0.25, 0.3) is 0 Å². The van der Waals surface area contributed by atoms with Gasteiger partial charge < -0.3 is 5.32 Å². The number of hydrogen-bond donors (Lipinski definition) is 1. The lowest BCUT2D eigenvalue weighted by Crippen LogP contribution is -2.06. The van der Waals surface area contributed by atoms with E-state index in [0.717, 1.165) is 0 Å². The molecule has 1 aromatic heterocycles. The minimum Gasteiger partial charge on any atom is -0.366 e. The van der Waals surface area contributed by atoms with Crippen LogP contribution >= 0.6 is 0 Å². The molecule has 1 N–H and O–H groups in total. The van der Waals surface area contributed by atoms with Gasteiger partial charge in [0, 0.05) is 12.6 Å². The largest absolute Gasteiger partial charge is 0.366 e. The summed E-state index contributed by atoms with van der Waals surface area (Å²) in [6.45, 7) is 8.81. The van der Waals surface area contributed by atoms with Crippen LogP contribution in [0.15, 0.2) is 18.2 Å². The second-order valence-electron chi connectivity index (χ2n) is 5.01. The predicted octanol–water partition coefficient (Wildman–Crippen LogP) is 3.19. The summed E-state index contributed by atoms with van der Waals surface area (Å²) >= 11 is 0. The molecule has 0 aliphatic rings. The maximum absolute atomic E-state index is 8.91. The van der Waals surface area contributed by atoms with E-state index in [-0.39, 0.29) is 0 Å². The number of rotatable bonds is 3. The summed E-state index contributed by atoms with van der Waals surface area (Å²) in [6.07, 6.45) is 0. The molecule has 0 atom stereocenters. The molecule has 2 aromatic rings. The second kappa shape index (κ2) is 5.70. The molecule has 4 heteroatoms. The highest BCUT2D eigenvalue weighted by Gasteiger charge is 2.04. The summed E-state index contributed by atoms with van der Waals surface area (Å²) < 4.78 is 0. The van der Waals surface area contributed by atoms with Crippen LogP contribution in [-0.4, -0.2) is 9.97 Å². The molecule has 2 rings (SSSR count). The van der Waals surface area contributed by atoms with Crippen LogP contribution in [0.2, 0.25) is 0 Å². The van der Waals surface area contributed by atoms with Crippen molar-refractivity contribution in [2.75, 3.05) is 5.32 Å². The third-order valence-corrected chi connectivity index (χ3v) is 3.36. The first-order valence-corrected chi connectivity index (χ1v) is 6.56. The van der Waals surface area contributed by atoms with Gasteiger partial charge in [0.2, 0.25) is 0 Å². The van der Waals surface area contributed by atoms with Gasteiger partial charge in [-0.3, -0.25) is 0 Å². The first-order chi connectivity index (χ1) is 9.49. The average Bonchev–Trinajstić information content (AvgIpc) is 2.40. The van der Waals surface area contributed by atoms with E-state index in [9.17, 15) is 0 Å². The van der Waals surface area contributed by atoms with Crippen molar-refractivity contribution in [1.29, 1.82) is 5.26 Å². The van der Waals surface area contributed by atoms with E-state index in [1.165, 1.54) is 22.3 Å². The lowest BCUT2D eigenvalue weighted by atomic mass is 10.0. The SMILES string of the molecule is Cc1nc(C#N)cc(NCc2cc(C)c(C)cc2C)n1. The molecular formula is C16H18N4. The lowest BCUT2D eigenvalue weighted by Gasteiger charge is -2.11. The van der Waals surface area contributed by atoms with Crippen molar-refractivity contribution in [2.24, 2.45) is 0 Å².